The van der Waals surface area contributed by atoms with Crippen molar-refractivity contribution in [3.8, 4) is 0 Å². The summed E-state index contributed by atoms with van der Waals surface area (Å²) in [6, 6.07) is 0. The van der Waals surface area contributed by atoms with Crippen LogP contribution in [0.25, 0.3) is 0 Å². The molecule has 2 heterocycles. The third kappa shape index (κ3) is 4.29. The second-order valence-electron chi connectivity index (χ2n) is 7.39. The van der Waals surface area contributed by atoms with Gasteiger partial charge in [0.1, 0.15) is 12.2 Å². The van der Waals surface area contributed by atoms with Crippen LogP contribution >= 0.6 is 0 Å². The molecule has 7 heteroatoms. The van der Waals surface area contributed by atoms with Gasteiger partial charge >= 0.3 is 11.9 Å². The minimum Gasteiger partial charge on any atom is -0.393 e. The molecule has 2 fully saturated rings. The largest absolute Gasteiger partial charge is 0.393 e. The number of hydrogen-bond donors (Lipinski definition) is 0. The van der Waals surface area contributed by atoms with Gasteiger partial charge in [-0.3, -0.25) is 9.59 Å². The lowest BCUT2D eigenvalue weighted by atomic mass is 9.97. The summed E-state index contributed by atoms with van der Waals surface area (Å²) in [6.45, 7) is 8.74. The molecule has 0 aliphatic carbocycles. The molecule has 7 nitrogen and oxygen atoms in total. The second-order valence-corrected chi connectivity index (χ2v) is 7.39. The molecule has 0 aromatic carbocycles. The number of hydrogen-bond acceptors (Lipinski definition) is 7. The highest BCUT2D eigenvalue weighted by Crippen LogP contribution is 2.40. The molecule has 0 radical (unpaired) electrons. The lowest BCUT2D eigenvalue weighted by molar-refractivity contribution is -0.227. The molecule has 0 amide bonds. The van der Waals surface area contributed by atoms with E-state index in [1.165, 1.54) is 7.11 Å². The van der Waals surface area contributed by atoms with E-state index in [1.807, 2.05) is 13.8 Å². The van der Waals surface area contributed by atoms with Crippen LogP contribution in [0.3, 0.4) is 0 Å². The monoisotopic (exact) mass is 330 g/mol. The van der Waals surface area contributed by atoms with Gasteiger partial charge in [0.25, 0.3) is 0 Å². The van der Waals surface area contributed by atoms with Gasteiger partial charge in [0.05, 0.1) is 11.5 Å². The highest BCUT2D eigenvalue weighted by Gasteiger charge is 2.55. The Kier molecular flexibility index (Phi) is 5.15. The molecule has 2 aliphatic rings. The molecule has 2 saturated heterocycles. The summed E-state index contributed by atoms with van der Waals surface area (Å²) in [7, 11) is 1.54. The number of fused-ring (bicyclic) bond motifs is 1. The summed E-state index contributed by atoms with van der Waals surface area (Å²) >= 11 is 0. The predicted octanol–water partition coefficient (Wildman–Crippen LogP) is 1.77. The minimum absolute atomic E-state index is 0.0654. The topological polar surface area (TPSA) is 80.3 Å². The normalized spacial score (nSPS) is 32.6. The Morgan fingerprint density at radius 3 is 2.30 bits per heavy atom. The average molecular weight is 330 g/mol. The summed E-state index contributed by atoms with van der Waals surface area (Å²) < 4.78 is 27.5. The fraction of sp³-hybridized carbons (Fsp3) is 0.875. The van der Waals surface area contributed by atoms with Crippen molar-refractivity contribution in [2.24, 2.45) is 5.41 Å². The van der Waals surface area contributed by atoms with Crippen molar-refractivity contribution in [1.29, 1.82) is 0 Å². The van der Waals surface area contributed by atoms with Gasteiger partial charge in [0.15, 0.2) is 12.1 Å². The lowest BCUT2D eigenvalue weighted by Crippen LogP contribution is -2.31. The molecule has 2 rings (SSSR count). The third-order valence-electron chi connectivity index (χ3n) is 3.79. The third-order valence-corrected chi connectivity index (χ3v) is 3.79. The molecule has 0 bridgehead atoms. The van der Waals surface area contributed by atoms with Crippen LogP contribution in [0, 0.1) is 5.41 Å². The summed E-state index contributed by atoms with van der Waals surface area (Å²) in [4.78, 5) is 23.5. The first kappa shape index (κ1) is 18.3. The lowest BCUT2D eigenvalue weighted by Gasteiger charge is -2.23. The first-order valence-electron chi connectivity index (χ1n) is 7.82. The van der Waals surface area contributed by atoms with Crippen LogP contribution in [0.5, 0.6) is 0 Å². The van der Waals surface area contributed by atoms with Gasteiger partial charge in [-0.2, -0.15) is 0 Å². The van der Waals surface area contributed by atoms with Crippen molar-refractivity contribution in [2.45, 2.75) is 77.8 Å². The van der Waals surface area contributed by atoms with E-state index in [1.54, 1.807) is 20.8 Å². The Morgan fingerprint density at radius 2 is 1.74 bits per heavy atom. The van der Waals surface area contributed by atoms with Crippen LogP contribution in [0.15, 0.2) is 0 Å². The van der Waals surface area contributed by atoms with Crippen LogP contribution in [0.4, 0.5) is 0 Å². The van der Waals surface area contributed by atoms with Gasteiger partial charge in [-0.05, 0) is 41.0 Å². The molecule has 132 valence electrons. The van der Waals surface area contributed by atoms with E-state index in [0.29, 0.717) is 6.42 Å². The predicted molar refractivity (Wildman–Crippen MR) is 79.3 cm³/mol. The number of carbonyl (C=O) groups excluding carboxylic acids is 2. The standard InChI is InChI=1S/C16H26O7/c1-15(2,3)14(18)21-10(17)8-7-9-11-12(13(19-6)20-9)23-16(4,5)22-11/h9,11-13H,7-8H2,1-6H3/t9-,11-,12-,13-/m1/s1. The van der Waals surface area contributed by atoms with E-state index in [-0.39, 0.29) is 24.7 Å². The first-order chi connectivity index (χ1) is 10.5. The molecule has 0 aromatic rings. The molecular formula is C16H26O7. The molecule has 0 unspecified atom stereocenters. The van der Waals surface area contributed by atoms with E-state index in [4.69, 9.17) is 23.7 Å². The highest BCUT2D eigenvalue weighted by molar-refractivity contribution is 5.88. The molecule has 4 atom stereocenters. The summed E-state index contributed by atoms with van der Waals surface area (Å²) in [5.74, 6) is -1.81. The van der Waals surface area contributed by atoms with Crippen molar-refractivity contribution in [2.75, 3.05) is 7.11 Å². The number of carbonyl (C=O) groups is 2. The highest BCUT2D eigenvalue weighted by atomic mass is 16.8. The number of ether oxygens (including phenoxy) is 5. The Bertz CT molecular complexity index is 466. The zero-order valence-electron chi connectivity index (χ0n) is 14.6. The first-order valence-corrected chi connectivity index (χ1v) is 7.82. The van der Waals surface area contributed by atoms with E-state index >= 15 is 0 Å². The van der Waals surface area contributed by atoms with Crippen molar-refractivity contribution in [1.82, 2.24) is 0 Å². The summed E-state index contributed by atoms with van der Waals surface area (Å²) in [5.41, 5.74) is -0.710. The Hall–Kier alpha value is -1.02. The Balaban J connectivity index is 1.88. The maximum atomic E-state index is 11.8. The van der Waals surface area contributed by atoms with Crippen molar-refractivity contribution < 1.29 is 33.3 Å². The fourth-order valence-electron chi connectivity index (χ4n) is 2.63. The minimum atomic E-state index is -0.711. The molecule has 0 N–H and O–H groups in total. The Labute approximate surface area is 136 Å². The van der Waals surface area contributed by atoms with E-state index < -0.39 is 29.4 Å². The zero-order valence-corrected chi connectivity index (χ0v) is 14.6. The number of rotatable bonds is 4. The van der Waals surface area contributed by atoms with Crippen LogP contribution < -0.4 is 0 Å². The number of esters is 2. The van der Waals surface area contributed by atoms with Gasteiger partial charge in [0, 0.05) is 13.5 Å². The fourth-order valence-corrected chi connectivity index (χ4v) is 2.63. The van der Waals surface area contributed by atoms with Crippen LogP contribution in [0.1, 0.15) is 47.5 Å². The van der Waals surface area contributed by atoms with Crippen molar-refractivity contribution in [3.05, 3.63) is 0 Å². The van der Waals surface area contributed by atoms with Crippen molar-refractivity contribution in [3.63, 3.8) is 0 Å². The van der Waals surface area contributed by atoms with Gasteiger partial charge in [0.2, 0.25) is 0 Å². The molecular weight excluding hydrogens is 304 g/mol. The van der Waals surface area contributed by atoms with Gasteiger partial charge in [-0.1, -0.05) is 0 Å². The maximum Gasteiger partial charge on any atom is 0.318 e. The van der Waals surface area contributed by atoms with Crippen molar-refractivity contribution >= 4 is 11.9 Å². The summed E-state index contributed by atoms with van der Waals surface area (Å²) in [6.07, 6.45) is -1.07. The van der Waals surface area contributed by atoms with E-state index in [9.17, 15) is 9.59 Å². The van der Waals surface area contributed by atoms with Crippen LogP contribution in [-0.4, -0.2) is 49.4 Å². The molecule has 23 heavy (non-hydrogen) atoms. The molecule has 0 saturated carbocycles. The second kappa shape index (κ2) is 6.47. The smallest absolute Gasteiger partial charge is 0.318 e. The van der Waals surface area contributed by atoms with Crippen LogP contribution in [-0.2, 0) is 33.3 Å². The van der Waals surface area contributed by atoms with E-state index in [2.05, 4.69) is 0 Å². The molecule has 2 aliphatic heterocycles. The van der Waals surface area contributed by atoms with Gasteiger partial charge < -0.3 is 23.7 Å². The van der Waals surface area contributed by atoms with Gasteiger partial charge in [-0.15, -0.1) is 0 Å². The SMILES string of the molecule is CO[C@@H]1O[C@H](CCC(=O)OC(=O)C(C)(C)C)[C@H]2OC(C)(C)O[C@@H]12. The van der Waals surface area contributed by atoms with Crippen LogP contribution in [0.2, 0.25) is 0 Å². The molecule has 0 aromatic heterocycles. The van der Waals surface area contributed by atoms with Gasteiger partial charge in [-0.25, -0.2) is 0 Å². The maximum absolute atomic E-state index is 11.8. The number of methoxy groups -OCH3 is 1. The summed E-state index contributed by atoms with van der Waals surface area (Å²) in [5, 5.41) is 0. The van der Waals surface area contributed by atoms with E-state index in [0.717, 1.165) is 0 Å². The zero-order chi connectivity index (χ0) is 17.4. The quantitative estimate of drug-likeness (QED) is 0.574. The molecule has 0 spiro atoms. The Morgan fingerprint density at radius 1 is 1.13 bits per heavy atom. The average Bonchev–Trinajstić information content (AvgIpc) is 2.88.